The summed E-state index contributed by atoms with van der Waals surface area (Å²) in [4.78, 5) is 34.2. The van der Waals surface area contributed by atoms with E-state index in [1.165, 1.54) is 6.20 Å². The second-order valence-corrected chi connectivity index (χ2v) is 10.1. The molecule has 6 rings (SSSR count). The summed E-state index contributed by atoms with van der Waals surface area (Å²) < 4.78 is 54.0. The Hall–Kier alpha value is -3.04. The van der Waals surface area contributed by atoms with Gasteiger partial charge in [-0.25, -0.2) is 9.37 Å². The van der Waals surface area contributed by atoms with Crippen molar-refractivity contribution in [3.63, 3.8) is 0 Å². The Morgan fingerprint density at radius 2 is 1.62 bits per heavy atom. The Kier molecular flexibility index (Phi) is 5.18. The maximum absolute atomic E-state index is 14.6. The van der Waals surface area contributed by atoms with E-state index in [0.29, 0.717) is 31.0 Å². The molecular formula is C24H24F4N4O2. The molecule has 4 aliphatic rings. The van der Waals surface area contributed by atoms with Gasteiger partial charge >= 0.3 is 6.18 Å². The Morgan fingerprint density at radius 1 is 1.00 bits per heavy atom. The van der Waals surface area contributed by atoms with E-state index in [4.69, 9.17) is 0 Å². The van der Waals surface area contributed by atoms with Crippen molar-refractivity contribution in [3.05, 3.63) is 58.9 Å². The predicted octanol–water partition coefficient (Wildman–Crippen LogP) is 4.19. The first-order chi connectivity index (χ1) is 16.0. The molecule has 2 N–H and O–H groups in total. The van der Waals surface area contributed by atoms with E-state index in [0.717, 1.165) is 31.4 Å². The number of aromatic nitrogens is 2. The summed E-state index contributed by atoms with van der Waals surface area (Å²) >= 11 is 0. The Balaban J connectivity index is 1.39. The summed E-state index contributed by atoms with van der Waals surface area (Å²) in [5.41, 5.74) is -2.54. The van der Waals surface area contributed by atoms with Gasteiger partial charge in [-0.15, -0.1) is 0 Å². The number of aryl methyl sites for hydroxylation is 1. The van der Waals surface area contributed by atoms with Gasteiger partial charge in [0.05, 0.1) is 23.0 Å². The van der Waals surface area contributed by atoms with Crippen LogP contribution in [-0.2, 0) is 6.18 Å². The molecule has 4 fully saturated rings. The van der Waals surface area contributed by atoms with Crippen LogP contribution < -0.4 is 10.6 Å². The van der Waals surface area contributed by atoms with Crippen LogP contribution in [0.1, 0.15) is 70.6 Å². The number of nitrogens with one attached hydrogen (secondary N) is 2. The van der Waals surface area contributed by atoms with Crippen molar-refractivity contribution in [1.29, 1.82) is 0 Å². The summed E-state index contributed by atoms with van der Waals surface area (Å²) in [6.07, 6.45) is 2.27. The number of nitrogens with zero attached hydrogens (tertiary/aromatic N) is 2. The highest BCUT2D eigenvalue weighted by molar-refractivity contribution is 5.95. The lowest BCUT2D eigenvalue weighted by Crippen LogP contribution is -2.70. The molecule has 2 atom stereocenters. The number of halogens is 4. The monoisotopic (exact) mass is 476 g/mol. The molecule has 1 aromatic heterocycles. The summed E-state index contributed by atoms with van der Waals surface area (Å²) in [7, 11) is 0. The van der Waals surface area contributed by atoms with Crippen LogP contribution >= 0.6 is 0 Å². The third kappa shape index (κ3) is 4.03. The minimum atomic E-state index is -4.89. The first-order valence-corrected chi connectivity index (χ1v) is 11.3. The van der Waals surface area contributed by atoms with Gasteiger partial charge in [0, 0.05) is 17.3 Å². The van der Waals surface area contributed by atoms with Crippen LogP contribution in [0, 0.1) is 24.6 Å². The SMILES string of the molecule is Cc1cncc(C(=O)NC23CC4CC(C2)CC(NC(=O)c2cccc(C(F)(F)F)c2F)(C4)C3)n1. The number of rotatable bonds is 4. The quantitative estimate of drug-likeness (QED) is 0.648. The zero-order valence-corrected chi connectivity index (χ0v) is 18.5. The lowest BCUT2D eigenvalue weighted by atomic mass is 9.49. The van der Waals surface area contributed by atoms with E-state index in [2.05, 4.69) is 20.6 Å². The molecule has 4 saturated carbocycles. The van der Waals surface area contributed by atoms with Crippen LogP contribution in [0.5, 0.6) is 0 Å². The van der Waals surface area contributed by atoms with Gasteiger partial charge in [0.2, 0.25) is 0 Å². The van der Waals surface area contributed by atoms with Gasteiger partial charge in [-0.1, -0.05) is 6.07 Å². The van der Waals surface area contributed by atoms with Crippen LogP contribution in [0.25, 0.3) is 0 Å². The second kappa shape index (κ2) is 7.74. The standard InChI is InChI=1S/C24H24F4N4O2/c1-13-10-29-11-18(30-13)21(34)32-23-8-14-5-15(9-23)7-22(6-14,12-23)31-20(33)16-3-2-4-17(19(16)25)24(26,27)28/h2-4,10-11,14-15H,5-9,12H2,1H3,(H,31,33)(H,32,34). The van der Waals surface area contributed by atoms with Crippen LogP contribution in [0.15, 0.2) is 30.6 Å². The molecule has 2 unspecified atom stereocenters. The molecule has 10 heteroatoms. The zero-order chi connectivity index (χ0) is 24.3. The van der Waals surface area contributed by atoms with Crippen molar-refractivity contribution >= 4 is 11.8 Å². The van der Waals surface area contributed by atoms with Gasteiger partial charge in [0.1, 0.15) is 11.5 Å². The third-order valence-electron chi connectivity index (χ3n) is 7.35. The number of amides is 2. The molecule has 6 nitrogen and oxygen atoms in total. The number of hydrogen-bond acceptors (Lipinski definition) is 4. The highest BCUT2D eigenvalue weighted by atomic mass is 19.4. The number of hydrogen-bond donors (Lipinski definition) is 2. The van der Waals surface area contributed by atoms with Crippen LogP contribution in [-0.4, -0.2) is 32.9 Å². The average Bonchev–Trinajstić information content (AvgIpc) is 2.71. The molecule has 2 amide bonds. The molecule has 0 spiro atoms. The van der Waals surface area contributed by atoms with Gasteiger partial charge < -0.3 is 10.6 Å². The molecule has 1 aromatic carbocycles. The number of benzene rings is 1. The van der Waals surface area contributed by atoms with Gasteiger partial charge in [-0.05, 0) is 69.4 Å². The highest BCUT2D eigenvalue weighted by Crippen LogP contribution is 2.57. The van der Waals surface area contributed by atoms with Gasteiger partial charge in [-0.3, -0.25) is 14.6 Å². The minimum Gasteiger partial charge on any atom is -0.346 e. The molecule has 180 valence electrons. The van der Waals surface area contributed by atoms with Gasteiger partial charge in [0.25, 0.3) is 11.8 Å². The third-order valence-corrected chi connectivity index (χ3v) is 7.35. The van der Waals surface area contributed by atoms with Gasteiger partial charge in [-0.2, -0.15) is 13.2 Å². The normalized spacial score (nSPS) is 29.7. The predicted molar refractivity (Wildman–Crippen MR) is 113 cm³/mol. The van der Waals surface area contributed by atoms with E-state index >= 15 is 0 Å². The van der Waals surface area contributed by atoms with Crippen LogP contribution in [0.3, 0.4) is 0 Å². The fourth-order valence-corrected chi connectivity index (χ4v) is 6.67. The first-order valence-electron chi connectivity index (χ1n) is 11.3. The molecule has 34 heavy (non-hydrogen) atoms. The molecule has 0 saturated heterocycles. The Morgan fingerprint density at radius 3 is 2.21 bits per heavy atom. The summed E-state index contributed by atoms with van der Waals surface area (Å²) in [5.74, 6) is -2.29. The fraction of sp³-hybridized carbons (Fsp3) is 0.500. The highest BCUT2D eigenvalue weighted by Gasteiger charge is 2.59. The summed E-state index contributed by atoms with van der Waals surface area (Å²) in [5, 5.41) is 6.01. The summed E-state index contributed by atoms with van der Waals surface area (Å²) in [6, 6.07) is 2.72. The maximum Gasteiger partial charge on any atom is 0.419 e. The van der Waals surface area contributed by atoms with Crippen molar-refractivity contribution < 1.29 is 27.2 Å². The second-order valence-electron chi connectivity index (χ2n) is 10.1. The van der Waals surface area contributed by atoms with Crippen LogP contribution in [0.4, 0.5) is 17.6 Å². The van der Waals surface area contributed by atoms with Crippen LogP contribution in [0.2, 0.25) is 0 Å². The lowest BCUT2D eigenvalue weighted by Gasteiger charge is -2.62. The average molecular weight is 476 g/mol. The smallest absolute Gasteiger partial charge is 0.346 e. The van der Waals surface area contributed by atoms with Gasteiger partial charge in [0.15, 0.2) is 0 Å². The summed E-state index contributed by atoms with van der Waals surface area (Å²) in [6.45, 7) is 1.74. The number of carbonyl (C=O) groups excluding carboxylic acids is 2. The van der Waals surface area contributed by atoms with Crippen molar-refractivity contribution in [3.8, 4) is 0 Å². The lowest BCUT2D eigenvalue weighted by molar-refractivity contribution is -0.140. The number of alkyl halides is 3. The largest absolute Gasteiger partial charge is 0.419 e. The van der Waals surface area contributed by atoms with Crippen molar-refractivity contribution in [2.45, 2.75) is 62.7 Å². The Bertz CT molecular complexity index is 1150. The molecule has 2 aromatic rings. The van der Waals surface area contributed by atoms with Crippen molar-refractivity contribution in [2.75, 3.05) is 0 Å². The fourth-order valence-electron chi connectivity index (χ4n) is 6.67. The zero-order valence-electron chi connectivity index (χ0n) is 18.5. The molecule has 1 heterocycles. The van der Waals surface area contributed by atoms with E-state index < -0.39 is 40.1 Å². The minimum absolute atomic E-state index is 0.208. The van der Waals surface area contributed by atoms with Crippen molar-refractivity contribution in [1.82, 2.24) is 20.6 Å². The van der Waals surface area contributed by atoms with E-state index in [1.54, 1.807) is 13.1 Å². The molecule has 4 aliphatic carbocycles. The van der Waals surface area contributed by atoms with E-state index in [9.17, 15) is 27.2 Å². The maximum atomic E-state index is 14.6. The molecule has 0 aliphatic heterocycles. The topological polar surface area (TPSA) is 84.0 Å². The van der Waals surface area contributed by atoms with E-state index in [1.807, 2.05) is 0 Å². The molecular weight excluding hydrogens is 452 g/mol. The number of carbonyl (C=O) groups is 2. The van der Waals surface area contributed by atoms with Crippen molar-refractivity contribution in [2.24, 2.45) is 11.8 Å². The first kappa shape index (κ1) is 22.7. The molecule has 4 bridgehead atoms. The van der Waals surface area contributed by atoms with E-state index in [-0.39, 0.29) is 23.4 Å². The molecule has 0 radical (unpaired) electrons. The Labute approximate surface area is 193 Å².